The van der Waals surface area contributed by atoms with Gasteiger partial charge in [0.25, 0.3) is 0 Å². The predicted molar refractivity (Wildman–Crippen MR) is 61.5 cm³/mol. The average Bonchev–Trinajstić information content (AvgIpc) is 2.30. The summed E-state index contributed by atoms with van der Waals surface area (Å²) in [5.74, 6) is 0.00111. The maximum Gasteiger partial charge on any atom is 0.168 e. The quantitative estimate of drug-likeness (QED) is 0.764. The van der Waals surface area contributed by atoms with Crippen LogP contribution in [0.1, 0.15) is 16.1 Å². The summed E-state index contributed by atoms with van der Waals surface area (Å²) in [4.78, 5) is 19.6. The number of carbonyl (C=O) groups is 1. The Hall–Kier alpha value is -1.74. The molecule has 0 aliphatic carbocycles. The van der Waals surface area contributed by atoms with Crippen molar-refractivity contribution in [1.29, 1.82) is 0 Å². The average molecular weight is 233 g/mol. The van der Waals surface area contributed by atoms with Crippen LogP contribution in [0.15, 0.2) is 42.9 Å². The zero-order chi connectivity index (χ0) is 11.4. The second-order valence-electron chi connectivity index (χ2n) is 3.31. The first kappa shape index (κ1) is 10.8. The fourth-order valence-electron chi connectivity index (χ4n) is 1.35. The number of benzene rings is 1. The fraction of sp³-hybridized carbons (Fsp3) is 0.0833. The molecule has 0 bridgehead atoms. The molecule has 1 heterocycles. The van der Waals surface area contributed by atoms with Gasteiger partial charge in [-0.3, -0.25) is 4.79 Å². The molecule has 1 aromatic carbocycles. The Morgan fingerprint density at radius 2 is 2.19 bits per heavy atom. The van der Waals surface area contributed by atoms with Crippen LogP contribution in [0.2, 0.25) is 5.02 Å². The smallest absolute Gasteiger partial charge is 0.168 e. The maximum absolute atomic E-state index is 11.8. The molecule has 2 aromatic rings. The topological polar surface area (TPSA) is 42.9 Å². The number of ketones is 1. The van der Waals surface area contributed by atoms with Crippen LogP contribution in [-0.2, 0) is 6.42 Å². The lowest BCUT2D eigenvalue weighted by molar-refractivity contribution is 0.0992. The van der Waals surface area contributed by atoms with E-state index in [1.807, 2.05) is 0 Å². The Morgan fingerprint density at radius 3 is 2.88 bits per heavy atom. The minimum Gasteiger partial charge on any atom is -0.294 e. The van der Waals surface area contributed by atoms with Crippen molar-refractivity contribution in [2.75, 3.05) is 0 Å². The molecule has 0 aliphatic heterocycles. The lowest BCUT2D eigenvalue weighted by atomic mass is 10.1. The van der Waals surface area contributed by atoms with Gasteiger partial charge in [-0.05, 0) is 18.2 Å². The van der Waals surface area contributed by atoms with E-state index in [0.29, 0.717) is 16.3 Å². The van der Waals surface area contributed by atoms with Gasteiger partial charge in [0, 0.05) is 16.8 Å². The molecular formula is C12H9ClN2O. The predicted octanol–water partition coefficient (Wildman–Crippen LogP) is 2.56. The van der Waals surface area contributed by atoms with Gasteiger partial charge in [0.2, 0.25) is 0 Å². The van der Waals surface area contributed by atoms with E-state index in [1.54, 1.807) is 36.5 Å². The van der Waals surface area contributed by atoms with Crippen LogP contribution in [0, 0.1) is 0 Å². The van der Waals surface area contributed by atoms with E-state index in [4.69, 9.17) is 11.6 Å². The van der Waals surface area contributed by atoms with Crippen molar-refractivity contribution in [2.24, 2.45) is 0 Å². The Kier molecular flexibility index (Phi) is 3.27. The molecule has 3 nitrogen and oxygen atoms in total. The van der Waals surface area contributed by atoms with E-state index in [-0.39, 0.29) is 12.2 Å². The number of rotatable bonds is 3. The van der Waals surface area contributed by atoms with Crippen molar-refractivity contribution >= 4 is 17.4 Å². The summed E-state index contributed by atoms with van der Waals surface area (Å²) in [6, 6.07) is 8.63. The molecule has 0 unspecified atom stereocenters. The number of carbonyl (C=O) groups excluding carboxylic acids is 1. The molecule has 2 rings (SSSR count). The van der Waals surface area contributed by atoms with Gasteiger partial charge in [-0.2, -0.15) is 0 Å². The standard InChI is InChI=1S/C12H9ClN2O/c13-10-3-1-2-9(6-10)12(16)7-11-4-5-14-8-15-11/h1-6,8H,7H2. The van der Waals surface area contributed by atoms with Crippen molar-refractivity contribution in [3.63, 3.8) is 0 Å². The van der Waals surface area contributed by atoms with Crippen LogP contribution < -0.4 is 0 Å². The molecule has 0 saturated carbocycles. The van der Waals surface area contributed by atoms with Crippen LogP contribution in [0.25, 0.3) is 0 Å². The number of hydrogen-bond acceptors (Lipinski definition) is 3. The second-order valence-corrected chi connectivity index (χ2v) is 3.75. The third-order valence-electron chi connectivity index (χ3n) is 2.13. The lowest BCUT2D eigenvalue weighted by Crippen LogP contribution is -2.04. The van der Waals surface area contributed by atoms with Gasteiger partial charge in [-0.1, -0.05) is 23.7 Å². The highest BCUT2D eigenvalue weighted by Gasteiger charge is 2.07. The van der Waals surface area contributed by atoms with Crippen molar-refractivity contribution in [2.45, 2.75) is 6.42 Å². The van der Waals surface area contributed by atoms with Gasteiger partial charge in [0.1, 0.15) is 6.33 Å². The minimum absolute atomic E-state index is 0.00111. The number of Topliss-reactive ketones (excluding diaryl/α,β-unsaturated/α-hetero) is 1. The van der Waals surface area contributed by atoms with E-state index in [9.17, 15) is 4.79 Å². The van der Waals surface area contributed by atoms with Crippen molar-refractivity contribution < 1.29 is 4.79 Å². The number of halogens is 1. The number of hydrogen-bond donors (Lipinski definition) is 0. The molecule has 0 aliphatic rings. The molecule has 0 fully saturated rings. The molecule has 0 spiro atoms. The van der Waals surface area contributed by atoms with Crippen molar-refractivity contribution in [3.05, 3.63) is 59.1 Å². The first-order chi connectivity index (χ1) is 7.75. The van der Waals surface area contributed by atoms with Gasteiger partial charge in [-0.15, -0.1) is 0 Å². The van der Waals surface area contributed by atoms with Gasteiger partial charge in [0.15, 0.2) is 5.78 Å². The molecule has 80 valence electrons. The van der Waals surface area contributed by atoms with Crippen LogP contribution >= 0.6 is 11.6 Å². The molecule has 1 aromatic heterocycles. The summed E-state index contributed by atoms with van der Waals surface area (Å²) in [5, 5.41) is 0.563. The summed E-state index contributed by atoms with van der Waals surface area (Å²) in [5.41, 5.74) is 1.31. The van der Waals surface area contributed by atoms with E-state index in [1.165, 1.54) is 6.33 Å². The third-order valence-corrected chi connectivity index (χ3v) is 2.37. The van der Waals surface area contributed by atoms with Gasteiger partial charge < -0.3 is 0 Å². The van der Waals surface area contributed by atoms with Crippen LogP contribution in [-0.4, -0.2) is 15.8 Å². The highest BCUT2D eigenvalue weighted by atomic mass is 35.5. The van der Waals surface area contributed by atoms with Gasteiger partial charge in [-0.25, -0.2) is 9.97 Å². The zero-order valence-corrected chi connectivity index (χ0v) is 9.19. The van der Waals surface area contributed by atoms with Crippen molar-refractivity contribution in [1.82, 2.24) is 9.97 Å². The molecule has 0 saturated heterocycles. The molecule has 4 heteroatoms. The van der Waals surface area contributed by atoms with E-state index < -0.39 is 0 Å². The number of nitrogens with zero attached hydrogens (tertiary/aromatic N) is 2. The highest BCUT2D eigenvalue weighted by molar-refractivity contribution is 6.31. The zero-order valence-electron chi connectivity index (χ0n) is 8.43. The fourth-order valence-corrected chi connectivity index (χ4v) is 1.54. The Balaban J connectivity index is 2.15. The summed E-state index contributed by atoms with van der Waals surface area (Å²) in [6.45, 7) is 0. The van der Waals surface area contributed by atoms with Crippen molar-refractivity contribution in [3.8, 4) is 0 Å². The highest BCUT2D eigenvalue weighted by Crippen LogP contribution is 2.12. The van der Waals surface area contributed by atoms with E-state index in [0.717, 1.165) is 0 Å². The maximum atomic E-state index is 11.8. The van der Waals surface area contributed by atoms with Gasteiger partial charge >= 0.3 is 0 Å². The number of aromatic nitrogens is 2. The Labute approximate surface area is 98.1 Å². The SMILES string of the molecule is O=C(Cc1ccncn1)c1cccc(Cl)c1. The molecule has 0 radical (unpaired) electrons. The normalized spacial score (nSPS) is 10.1. The second kappa shape index (κ2) is 4.86. The first-order valence-electron chi connectivity index (χ1n) is 4.79. The first-order valence-corrected chi connectivity index (χ1v) is 5.17. The summed E-state index contributed by atoms with van der Waals surface area (Å²) in [7, 11) is 0. The largest absolute Gasteiger partial charge is 0.294 e. The van der Waals surface area contributed by atoms with Crippen LogP contribution in [0.3, 0.4) is 0 Å². The van der Waals surface area contributed by atoms with Crippen LogP contribution in [0.5, 0.6) is 0 Å². The minimum atomic E-state index is 0.00111. The third kappa shape index (κ3) is 2.64. The Morgan fingerprint density at radius 1 is 1.31 bits per heavy atom. The van der Waals surface area contributed by atoms with E-state index >= 15 is 0 Å². The summed E-state index contributed by atoms with van der Waals surface area (Å²) < 4.78 is 0. The van der Waals surface area contributed by atoms with E-state index in [2.05, 4.69) is 9.97 Å². The molecule has 0 N–H and O–H groups in total. The summed E-state index contributed by atoms with van der Waals surface area (Å²) >= 11 is 5.81. The lowest BCUT2D eigenvalue weighted by Gasteiger charge is -2.00. The van der Waals surface area contributed by atoms with Crippen LogP contribution in [0.4, 0.5) is 0 Å². The molecule has 16 heavy (non-hydrogen) atoms. The molecule has 0 amide bonds. The Bertz CT molecular complexity index is 499. The van der Waals surface area contributed by atoms with Gasteiger partial charge in [0.05, 0.1) is 12.1 Å². The molecular weight excluding hydrogens is 224 g/mol. The summed E-state index contributed by atoms with van der Waals surface area (Å²) in [6.07, 6.45) is 3.32. The molecule has 0 atom stereocenters. The monoisotopic (exact) mass is 232 g/mol.